The lowest BCUT2D eigenvalue weighted by molar-refractivity contribution is 0.153. The van der Waals surface area contributed by atoms with E-state index in [0.717, 1.165) is 24.5 Å². The summed E-state index contributed by atoms with van der Waals surface area (Å²) in [5, 5.41) is 3.81. The van der Waals surface area contributed by atoms with Crippen LogP contribution in [0.25, 0.3) is 0 Å². The molecule has 0 unspecified atom stereocenters. The quantitative estimate of drug-likeness (QED) is 0.576. The summed E-state index contributed by atoms with van der Waals surface area (Å²) in [5.41, 5.74) is 7.83. The molecule has 0 bridgehead atoms. The molecule has 0 fully saturated rings. The first-order valence-corrected chi connectivity index (χ1v) is 11.1. The number of hydrogen-bond acceptors (Lipinski definition) is 4. The molecule has 2 atom stereocenters. The smallest absolute Gasteiger partial charge is 0.161 e. The fourth-order valence-electron chi connectivity index (χ4n) is 5.02. The van der Waals surface area contributed by atoms with Gasteiger partial charge in [-0.05, 0) is 58.4 Å². The van der Waals surface area contributed by atoms with Crippen molar-refractivity contribution in [3.8, 4) is 11.5 Å². The maximum absolute atomic E-state index is 5.66. The van der Waals surface area contributed by atoms with Crippen LogP contribution in [-0.4, -0.2) is 25.7 Å². The van der Waals surface area contributed by atoms with Crippen molar-refractivity contribution in [1.29, 1.82) is 0 Å². The predicted molar refractivity (Wildman–Crippen MR) is 125 cm³/mol. The number of anilines is 1. The second-order valence-electron chi connectivity index (χ2n) is 8.75. The van der Waals surface area contributed by atoms with E-state index in [4.69, 9.17) is 9.47 Å². The number of hydrogen-bond donors (Lipinski definition) is 1. The van der Waals surface area contributed by atoms with Crippen LogP contribution in [-0.2, 0) is 6.42 Å². The molecule has 3 aromatic rings. The van der Waals surface area contributed by atoms with E-state index in [1.807, 2.05) is 0 Å². The molecule has 1 N–H and O–H groups in total. The van der Waals surface area contributed by atoms with Crippen LogP contribution in [0, 0.1) is 0 Å². The number of para-hydroxylation sites is 1. The lowest BCUT2D eigenvalue weighted by Crippen LogP contribution is -2.45. The molecule has 0 spiro atoms. The molecule has 31 heavy (non-hydrogen) atoms. The van der Waals surface area contributed by atoms with E-state index in [2.05, 4.69) is 84.7 Å². The second kappa shape index (κ2) is 7.93. The van der Waals surface area contributed by atoms with Crippen LogP contribution in [0.5, 0.6) is 11.5 Å². The molecule has 0 amide bonds. The van der Waals surface area contributed by atoms with Crippen molar-refractivity contribution >= 4 is 5.69 Å². The molecule has 0 saturated heterocycles. The number of nitrogens with one attached hydrogen (secondary N) is 1. The lowest BCUT2D eigenvalue weighted by atomic mass is 9.84. The Hall–Kier alpha value is -2.98. The first kappa shape index (κ1) is 20.0. The molecule has 2 aliphatic heterocycles. The Labute approximate surface area is 184 Å². The van der Waals surface area contributed by atoms with E-state index in [0.29, 0.717) is 5.92 Å². The van der Waals surface area contributed by atoms with Gasteiger partial charge in [0.2, 0.25) is 0 Å². The molecule has 2 aliphatic rings. The summed E-state index contributed by atoms with van der Waals surface area (Å²) >= 11 is 0. The van der Waals surface area contributed by atoms with Crippen LogP contribution in [0.4, 0.5) is 5.69 Å². The number of nitrogens with zero attached hydrogens (tertiary/aromatic N) is 1. The topological polar surface area (TPSA) is 33.7 Å². The fourth-order valence-corrected chi connectivity index (χ4v) is 5.02. The molecule has 4 heteroatoms. The zero-order valence-electron chi connectivity index (χ0n) is 18.7. The van der Waals surface area contributed by atoms with Gasteiger partial charge < -0.3 is 14.8 Å². The van der Waals surface area contributed by atoms with Crippen molar-refractivity contribution in [1.82, 2.24) is 4.90 Å². The summed E-state index contributed by atoms with van der Waals surface area (Å²) in [4.78, 5) is 2.58. The van der Waals surface area contributed by atoms with E-state index in [1.165, 1.54) is 33.5 Å². The van der Waals surface area contributed by atoms with Gasteiger partial charge >= 0.3 is 0 Å². The van der Waals surface area contributed by atoms with Crippen LogP contribution in [0.3, 0.4) is 0 Å². The highest BCUT2D eigenvalue weighted by molar-refractivity contribution is 5.61. The van der Waals surface area contributed by atoms with E-state index < -0.39 is 0 Å². The Morgan fingerprint density at radius 3 is 2.32 bits per heavy atom. The van der Waals surface area contributed by atoms with Gasteiger partial charge in [0.25, 0.3) is 0 Å². The van der Waals surface area contributed by atoms with Crippen LogP contribution < -0.4 is 14.8 Å². The number of ether oxygens (including phenoxy) is 2. The second-order valence-corrected chi connectivity index (χ2v) is 8.75. The highest BCUT2D eigenvalue weighted by Crippen LogP contribution is 2.48. The van der Waals surface area contributed by atoms with Crippen LogP contribution >= 0.6 is 0 Å². The lowest BCUT2D eigenvalue weighted by Gasteiger charge is -2.47. The average molecular weight is 415 g/mol. The van der Waals surface area contributed by atoms with E-state index >= 15 is 0 Å². The summed E-state index contributed by atoms with van der Waals surface area (Å²) in [5.74, 6) is 2.13. The van der Waals surface area contributed by atoms with Crippen molar-refractivity contribution in [2.45, 2.75) is 38.4 Å². The molecule has 2 heterocycles. The summed E-state index contributed by atoms with van der Waals surface area (Å²) in [7, 11) is 3.41. The van der Waals surface area contributed by atoms with Crippen LogP contribution in [0.2, 0.25) is 0 Å². The Morgan fingerprint density at radius 1 is 0.903 bits per heavy atom. The molecular weight excluding hydrogens is 384 g/mol. The van der Waals surface area contributed by atoms with Gasteiger partial charge in [0.05, 0.1) is 20.3 Å². The van der Waals surface area contributed by atoms with Gasteiger partial charge in [-0.25, -0.2) is 0 Å². The summed E-state index contributed by atoms with van der Waals surface area (Å²) in [6, 6.07) is 22.3. The molecule has 0 radical (unpaired) electrons. The van der Waals surface area contributed by atoms with Gasteiger partial charge in [-0.2, -0.15) is 0 Å². The third-order valence-electron chi connectivity index (χ3n) is 6.71. The molecule has 0 aliphatic carbocycles. The third kappa shape index (κ3) is 3.35. The SMILES string of the molecule is COc1cc2c(cc1OC)[C@H]1c3ccccc3N[C@@H](c3ccc(C(C)C)cc3)N1CC2. The highest BCUT2D eigenvalue weighted by Gasteiger charge is 2.39. The maximum Gasteiger partial charge on any atom is 0.161 e. The van der Waals surface area contributed by atoms with Gasteiger partial charge in [-0.3, -0.25) is 4.90 Å². The van der Waals surface area contributed by atoms with E-state index in [-0.39, 0.29) is 12.2 Å². The van der Waals surface area contributed by atoms with Crippen molar-refractivity contribution in [2.24, 2.45) is 0 Å². The molecular formula is C27H30N2O2. The number of rotatable bonds is 4. The summed E-state index contributed by atoms with van der Waals surface area (Å²) in [6.07, 6.45) is 1.11. The van der Waals surface area contributed by atoms with Crippen molar-refractivity contribution in [2.75, 3.05) is 26.1 Å². The molecule has 0 saturated carbocycles. The Balaban J connectivity index is 1.63. The minimum absolute atomic E-state index is 0.127. The first-order chi connectivity index (χ1) is 15.1. The molecule has 3 aromatic carbocycles. The highest BCUT2D eigenvalue weighted by atomic mass is 16.5. The zero-order chi connectivity index (χ0) is 21.5. The Morgan fingerprint density at radius 2 is 1.61 bits per heavy atom. The van der Waals surface area contributed by atoms with Crippen LogP contribution in [0.1, 0.15) is 59.8 Å². The van der Waals surface area contributed by atoms with Gasteiger partial charge in [0, 0.05) is 12.2 Å². The van der Waals surface area contributed by atoms with Crippen molar-refractivity contribution < 1.29 is 9.47 Å². The van der Waals surface area contributed by atoms with Gasteiger partial charge in [0.15, 0.2) is 11.5 Å². The molecule has 160 valence electrons. The first-order valence-electron chi connectivity index (χ1n) is 11.1. The molecule has 0 aromatic heterocycles. The minimum atomic E-state index is 0.127. The van der Waals surface area contributed by atoms with Gasteiger partial charge in [-0.15, -0.1) is 0 Å². The normalized spacial score (nSPS) is 19.8. The Kier molecular flexibility index (Phi) is 5.11. The van der Waals surface area contributed by atoms with Gasteiger partial charge in [-0.1, -0.05) is 56.3 Å². The van der Waals surface area contributed by atoms with Crippen molar-refractivity contribution in [3.05, 3.63) is 88.5 Å². The third-order valence-corrected chi connectivity index (χ3v) is 6.71. The Bertz CT molecular complexity index is 1090. The standard InChI is InChI=1S/C27H30N2O2/c1-17(2)18-9-11-19(12-10-18)27-28-23-8-6-5-7-21(23)26-22-16-25(31-4)24(30-3)15-20(22)13-14-29(26)27/h5-12,15-17,26-28H,13-14H2,1-4H3/t26-,27-/m1/s1. The van der Waals surface area contributed by atoms with Crippen LogP contribution in [0.15, 0.2) is 60.7 Å². The number of benzene rings is 3. The van der Waals surface area contributed by atoms with E-state index in [1.54, 1.807) is 14.2 Å². The monoisotopic (exact) mass is 414 g/mol. The van der Waals surface area contributed by atoms with Gasteiger partial charge in [0.1, 0.15) is 6.17 Å². The number of methoxy groups -OCH3 is 2. The molecule has 5 rings (SSSR count). The largest absolute Gasteiger partial charge is 0.493 e. The minimum Gasteiger partial charge on any atom is -0.493 e. The zero-order valence-corrected chi connectivity index (χ0v) is 18.7. The summed E-state index contributed by atoms with van der Waals surface area (Å²) in [6.45, 7) is 5.46. The molecule has 4 nitrogen and oxygen atoms in total. The summed E-state index contributed by atoms with van der Waals surface area (Å²) < 4.78 is 11.2. The fraction of sp³-hybridized carbons (Fsp3) is 0.333. The average Bonchev–Trinajstić information content (AvgIpc) is 2.82. The predicted octanol–water partition coefficient (Wildman–Crippen LogP) is 5.90. The maximum atomic E-state index is 5.66. The van der Waals surface area contributed by atoms with E-state index in [9.17, 15) is 0 Å². The number of fused-ring (bicyclic) bond motifs is 5. The van der Waals surface area contributed by atoms with Crippen molar-refractivity contribution in [3.63, 3.8) is 0 Å².